The maximum absolute atomic E-state index is 6.23. The smallest absolute Gasteiger partial charge is 0.214 e. The number of nitrogen functional groups attached to an aromatic ring is 1. The zero-order chi connectivity index (χ0) is 19.3. The third-order valence-corrected chi connectivity index (χ3v) is 4.98. The highest BCUT2D eigenvalue weighted by molar-refractivity contribution is 6.01. The molecule has 6 heteroatoms. The summed E-state index contributed by atoms with van der Waals surface area (Å²) in [5.74, 6) is 1.69. The number of anilines is 1. The molecule has 0 atom stereocenters. The summed E-state index contributed by atoms with van der Waals surface area (Å²) in [7, 11) is 0. The Kier molecular flexibility index (Phi) is 3.93. The van der Waals surface area contributed by atoms with Crippen molar-refractivity contribution in [2.24, 2.45) is 5.92 Å². The van der Waals surface area contributed by atoms with E-state index in [2.05, 4.69) is 35.9 Å². The lowest BCUT2D eigenvalue weighted by Crippen LogP contribution is -2.06. The van der Waals surface area contributed by atoms with Gasteiger partial charge in [-0.1, -0.05) is 19.9 Å². The van der Waals surface area contributed by atoms with Crippen molar-refractivity contribution < 1.29 is 4.74 Å². The minimum absolute atomic E-state index is 0.344. The number of ether oxygens (including phenoxy) is 1. The number of fused-ring (bicyclic) bond motifs is 2. The molecule has 5 rings (SSSR count). The average molecular weight is 373 g/mol. The molecule has 3 aromatic heterocycles. The first-order chi connectivity index (χ1) is 13.6. The Hall–Kier alpha value is -3.15. The highest BCUT2D eigenvalue weighted by Crippen LogP contribution is 2.33. The van der Waals surface area contributed by atoms with Crippen LogP contribution in [0.5, 0.6) is 5.88 Å². The van der Waals surface area contributed by atoms with E-state index in [0.29, 0.717) is 23.7 Å². The number of hydrogen-bond acceptors (Lipinski definition) is 5. The lowest BCUT2D eigenvalue weighted by atomic mass is 10.1. The van der Waals surface area contributed by atoms with Gasteiger partial charge in [-0.25, -0.2) is 9.97 Å². The van der Waals surface area contributed by atoms with Crippen molar-refractivity contribution in [1.29, 1.82) is 0 Å². The third kappa shape index (κ3) is 3.05. The van der Waals surface area contributed by atoms with E-state index in [4.69, 9.17) is 15.6 Å². The molecule has 6 nitrogen and oxygen atoms in total. The molecule has 1 aromatic carbocycles. The summed E-state index contributed by atoms with van der Waals surface area (Å²) in [5.41, 5.74) is 10.0. The molecule has 0 spiro atoms. The fourth-order valence-corrected chi connectivity index (χ4v) is 3.51. The van der Waals surface area contributed by atoms with Crippen LogP contribution < -0.4 is 10.5 Å². The van der Waals surface area contributed by atoms with Gasteiger partial charge in [0, 0.05) is 29.8 Å². The molecule has 0 bridgehead atoms. The van der Waals surface area contributed by atoms with E-state index >= 15 is 0 Å². The van der Waals surface area contributed by atoms with Gasteiger partial charge in [-0.2, -0.15) is 5.10 Å². The van der Waals surface area contributed by atoms with Crippen molar-refractivity contribution in [3.05, 3.63) is 42.6 Å². The van der Waals surface area contributed by atoms with Crippen molar-refractivity contribution >= 4 is 27.6 Å². The van der Waals surface area contributed by atoms with Gasteiger partial charge in [-0.05, 0) is 43.0 Å². The van der Waals surface area contributed by atoms with Crippen LogP contribution in [0.25, 0.3) is 33.1 Å². The molecule has 1 fully saturated rings. The molecular formula is C22H23N5O. The number of benzene rings is 1. The Morgan fingerprint density at radius 2 is 2.04 bits per heavy atom. The normalized spacial score (nSPS) is 14.2. The maximum atomic E-state index is 6.23. The van der Waals surface area contributed by atoms with Crippen molar-refractivity contribution in [2.75, 3.05) is 5.73 Å². The fourth-order valence-electron chi connectivity index (χ4n) is 3.51. The molecule has 3 heterocycles. The predicted molar refractivity (Wildman–Crippen MR) is 111 cm³/mol. The second kappa shape index (κ2) is 6.48. The van der Waals surface area contributed by atoms with E-state index in [9.17, 15) is 0 Å². The minimum Gasteiger partial charge on any atom is -0.474 e. The second-order valence-corrected chi connectivity index (χ2v) is 7.89. The molecule has 0 saturated heterocycles. The van der Waals surface area contributed by atoms with Crippen LogP contribution in [0.2, 0.25) is 0 Å². The highest BCUT2D eigenvalue weighted by atomic mass is 16.5. The number of hydrogen-bond donors (Lipinski definition) is 1. The van der Waals surface area contributed by atoms with Gasteiger partial charge in [-0.15, -0.1) is 0 Å². The van der Waals surface area contributed by atoms with E-state index in [-0.39, 0.29) is 0 Å². The Bertz CT molecular complexity index is 1180. The number of pyridine rings is 2. The summed E-state index contributed by atoms with van der Waals surface area (Å²) in [6, 6.07) is 12.1. The van der Waals surface area contributed by atoms with Crippen molar-refractivity contribution in [2.45, 2.75) is 39.3 Å². The molecule has 1 saturated carbocycles. The summed E-state index contributed by atoms with van der Waals surface area (Å²) < 4.78 is 7.84. The Morgan fingerprint density at radius 3 is 2.82 bits per heavy atom. The van der Waals surface area contributed by atoms with Crippen LogP contribution in [0, 0.1) is 5.92 Å². The molecular weight excluding hydrogens is 350 g/mol. The van der Waals surface area contributed by atoms with Gasteiger partial charge in [0.15, 0.2) is 0 Å². The number of nitrogens with zero attached hydrogens (tertiary/aromatic N) is 4. The van der Waals surface area contributed by atoms with Crippen LogP contribution in [0.15, 0.2) is 42.6 Å². The number of nitrogens with two attached hydrogens (primary N) is 1. The quantitative estimate of drug-likeness (QED) is 0.560. The summed E-state index contributed by atoms with van der Waals surface area (Å²) >= 11 is 0. The van der Waals surface area contributed by atoms with Crippen LogP contribution in [-0.4, -0.2) is 25.9 Å². The van der Waals surface area contributed by atoms with E-state index in [1.807, 2.05) is 28.9 Å². The molecule has 142 valence electrons. The summed E-state index contributed by atoms with van der Waals surface area (Å²) in [5, 5.41) is 6.84. The summed E-state index contributed by atoms with van der Waals surface area (Å²) in [4.78, 5) is 8.92. The number of aromatic nitrogens is 4. The van der Waals surface area contributed by atoms with Gasteiger partial charge in [0.25, 0.3) is 0 Å². The standard InChI is InChI=1S/C22H23N5O/c1-13(2)12-27-18-9-10-24-22(23)20(18)21(26-27)15-3-7-17-14(11-15)4-8-19(25-17)28-16-5-6-16/h3-4,7-11,13,16H,5-6,12H2,1-2H3,(H2,23,24). The first kappa shape index (κ1) is 17.0. The molecule has 28 heavy (non-hydrogen) atoms. The summed E-state index contributed by atoms with van der Waals surface area (Å²) in [6.45, 7) is 5.19. The molecule has 0 unspecified atom stereocenters. The molecule has 0 aliphatic heterocycles. The molecule has 4 aromatic rings. The number of rotatable bonds is 5. The minimum atomic E-state index is 0.344. The molecule has 1 aliphatic carbocycles. The fraction of sp³-hybridized carbons (Fsp3) is 0.318. The summed E-state index contributed by atoms with van der Waals surface area (Å²) in [6.07, 6.45) is 4.34. The topological polar surface area (TPSA) is 78.8 Å². The zero-order valence-electron chi connectivity index (χ0n) is 16.1. The predicted octanol–water partition coefficient (Wildman–Crippen LogP) is 4.43. The first-order valence-electron chi connectivity index (χ1n) is 9.77. The van der Waals surface area contributed by atoms with Crippen molar-refractivity contribution in [3.63, 3.8) is 0 Å². The zero-order valence-corrected chi connectivity index (χ0v) is 16.1. The maximum Gasteiger partial charge on any atom is 0.214 e. The van der Waals surface area contributed by atoms with Gasteiger partial charge in [0.05, 0.1) is 16.4 Å². The van der Waals surface area contributed by atoms with Crippen molar-refractivity contribution in [1.82, 2.24) is 19.7 Å². The molecule has 0 radical (unpaired) electrons. The van der Waals surface area contributed by atoms with Gasteiger partial charge < -0.3 is 10.5 Å². The average Bonchev–Trinajstić information content (AvgIpc) is 3.41. The van der Waals surface area contributed by atoms with Crippen LogP contribution in [-0.2, 0) is 6.54 Å². The Morgan fingerprint density at radius 1 is 1.18 bits per heavy atom. The van der Waals surface area contributed by atoms with Gasteiger partial charge in [0.1, 0.15) is 17.6 Å². The van der Waals surface area contributed by atoms with Crippen LogP contribution in [0.1, 0.15) is 26.7 Å². The lowest BCUT2D eigenvalue weighted by molar-refractivity contribution is 0.292. The van der Waals surface area contributed by atoms with Crippen LogP contribution in [0.4, 0.5) is 5.82 Å². The van der Waals surface area contributed by atoms with Crippen molar-refractivity contribution in [3.8, 4) is 17.1 Å². The van der Waals surface area contributed by atoms with E-state index in [1.165, 1.54) is 0 Å². The highest BCUT2D eigenvalue weighted by Gasteiger charge is 2.24. The van der Waals surface area contributed by atoms with Crippen LogP contribution >= 0.6 is 0 Å². The van der Waals surface area contributed by atoms with Gasteiger partial charge in [0.2, 0.25) is 5.88 Å². The van der Waals surface area contributed by atoms with Gasteiger partial charge >= 0.3 is 0 Å². The second-order valence-electron chi connectivity index (χ2n) is 7.89. The van der Waals surface area contributed by atoms with E-state index in [1.54, 1.807) is 6.20 Å². The Labute approximate surface area is 163 Å². The largest absolute Gasteiger partial charge is 0.474 e. The SMILES string of the molecule is CC(C)Cn1nc(-c2ccc3nc(OC4CC4)ccc3c2)c2c(N)nccc21. The lowest BCUT2D eigenvalue weighted by Gasteiger charge is -2.06. The first-order valence-corrected chi connectivity index (χ1v) is 9.77. The van der Waals surface area contributed by atoms with Gasteiger partial charge in [-0.3, -0.25) is 4.68 Å². The molecule has 0 amide bonds. The van der Waals surface area contributed by atoms with Crippen LogP contribution in [0.3, 0.4) is 0 Å². The van der Waals surface area contributed by atoms with E-state index < -0.39 is 0 Å². The Balaban J connectivity index is 1.61. The molecule has 2 N–H and O–H groups in total. The monoisotopic (exact) mass is 373 g/mol. The third-order valence-electron chi connectivity index (χ3n) is 4.98. The van der Waals surface area contributed by atoms with E-state index in [0.717, 1.165) is 52.4 Å². The molecule has 1 aliphatic rings.